The second-order valence-electron chi connectivity index (χ2n) is 5.48. The number of hydrogen-bond acceptors (Lipinski definition) is 4. The molecule has 27 heavy (non-hydrogen) atoms. The summed E-state index contributed by atoms with van der Waals surface area (Å²) >= 11 is 6.20. The minimum absolute atomic E-state index is 0.000498. The first-order chi connectivity index (χ1) is 12.8. The van der Waals surface area contributed by atoms with Crippen LogP contribution in [0.15, 0.2) is 54.6 Å². The van der Waals surface area contributed by atoms with Crippen LogP contribution in [0.2, 0.25) is 5.02 Å². The van der Waals surface area contributed by atoms with Gasteiger partial charge in [-0.2, -0.15) is 5.26 Å². The van der Waals surface area contributed by atoms with Crippen molar-refractivity contribution in [3.8, 4) is 34.2 Å². The molecule has 0 aliphatic rings. The number of pyridine rings is 1. The molecule has 2 aromatic carbocycles. The Kier molecular flexibility index (Phi) is 4.93. The molecule has 0 saturated heterocycles. The Morgan fingerprint density at radius 1 is 1.04 bits per heavy atom. The van der Waals surface area contributed by atoms with Gasteiger partial charge >= 0.3 is 6.36 Å². The van der Waals surface area contributed by atoms with E-state index in [1.165, 1.54) is 12.1 Å². The largest absolute Gasteiger partial charge is 0.573 e. The van der Waals surface area contributed by atoms with Crippen molar-refractivity contribution in [2.24, 2.45) is 0 Å². The Hall–Kier alpha value is -3.24. The molecule has 3 aromatic rings. The van der Waals surface area contributed by atoms with Gasteiger partial charge in [0.25, 0.3) is 0 Å². The standard InChI is InChI=1S/C19H11ClF3N3O/c20-16-4-2-1-3-13(16)17-9-14(15(10-24)18(25)26-17)11-5-7-12(8-6-11)27-19(21,22)23/h1-9H,(H2,25,26). The minimum atomic E-state index is -4.78. The van der Waals surface area contributed by atoms with Gasteiger partial charge in [-0.1, -0.05) is 41.9 Å². The maximum Gasteiger partial charge on any atom is 0.573 e. The monoisotopic (exact) mass is 389 g/mol. The lowest BCUT2D eigenvalue weighted by Crippen LogP contribution is -2.16. The van der Waals surface area contributed by atoms with E-state index in [2.05, 4.69) is 9.72 Å². The van der Waals surface area contributed by atoms with Gasteiger partial charge in [0.2, 0.25) is 0 Å². The SMILES string of the molecule is N#Cc1c(-c2ccc(OC(F)(F)F)cc2)cc(-c2ccccc2Cl)nc1N. The first-order valence-electron chi connectivity index (χ1n) is 7.60. The number of halogens is 4. The predicted molar refractivity (Wildman–Crippen MR) is 95.9 cm³/mol. The fourth-order valence-electron chi connectivity index (χ4n) is 2.55. The summed E-state index contributed by atoms with van der Waals surface area (Å²) in [7, 11) is 0. The number of anilines is 1. The lowest BCUT2D eigenvalue weighted by Gasteiger charge is -2.12. The molecule has 0 spiro atoms. The van der Waals surface area contributed by atoms with Crippen LogP contribution in [0.3, 0.4) is 0 Å². The summed E-state index contributed by atoms with van der Waals surface area (Å²) in [5.74, 6) is -0.362. The number of nitrogens with two attached hydrogens (primary N) is 1. The number of ether oxygens (including phenoxy) is 1. The first kappa shape index (κ1) is 18.5. The van der Waals surface area contributed by atoms with Crippen LogP contribution < -0.4 is 10.5 Å². The van der Waals surface area contributed by atoms with Crippen LogP contribution in [0.25, 0.3) is 22.4 Å². The number of nitrogen functional groups attached to an aromatic ring is 1. The summed E-state index contributed by atoms with van der Waals surface area (Å²) in [6.45, 7) is 0. The zero-order chi connectivity index (χ0) is 19.6. The number of benzene rings is 2. The zero-order valence-electron chi connectivity index (χ0n) is 13.6. The second kappa shape index (κ2) is 7.17. The molecule has 3 rings (SSSR count). The molecule has 2 N–H and O–H groups in total. The normalized spacial score (nSPS) is 11.1. The third-order valence-corrected chi connectivity index (χ3v) is 4.04. The number of nitriles is 1. The number of rotatable bonds is 3. The molecule has 0 amide bonds. The average molecular weight is 390 g/mol. The molecule has 0 aliphatic heterocycles. The molecule has 0 atom stereocenters. The predicted octanol–water partition coefficient (Wildman–Crippen LogP) is 5.42. The molecule has 1 aromatic heterocycles. The van der Waals surface area contributed by atoms with Crippen molar-refractivity contribution < 1.29 is 17.9 Å². The average Bonchev–Trinajstić information content (AvgIpc) is 2.61. The summed E-state index contributed by atoms with van der Waals surface area (Å²) in [5, 5.41) is 9.87. The molecular formula is C19H11ClF3N3O. The highest BCUT2D eigenvalue weighted by molar-refractivity contribution is 6.33. The molecule has 136 valence electrons. The molecule has 0 fully saturated rings. The van der Waals surface area contributed by atoms with E-state index in [0.29, 0.717) is 27.4 Å². The summed E-state index contributed by atoms with van der Waals surface area (Å²) in [6, 6.07) is 15.7. The summed E-state index contributed by atoms with van der Waals surface area (Å²) in [4.78, 5) is 4.22. The fourth-order valence-corrected chi connectivity index (χ4v) is 2.79. The van der Waals surface area contributed by atoms with Crippen molar-refractivity contribution in [3.63, 3.8) is 0 Å². The minimum Gasteiger partial charge on any atom is -0.406 e. The highest BCUT2D eigenvalue weighted by Crippen LogP contribution is 2.34. The van der Waals surface area contributed by atoms with Crippen molar-refractivity contribution in [3.05, 3.63) is 65.2 Å². The van der Waals surface area contributed by atoms with Crippen molar-refractivity contribution >= 4 is 17.4 Å². The molecule has 0 bridgehead atoms. The van der Waals surface area contributed by atoms with E-state index in [4.69, 9.17) is 17.3 Å². The molecule has 0 aliphatic carbocycles. The third-order valence-electron chi connectivity index (χ3n) is 3.71. The number of hydrogen-bond donors (Lipinski definition) is 1. The maximum atomic E-state index is 12.3. The van der Waals surface area contributed by atoms with Gasteiger partial charge in [0.05, 0.1) is 5.69 Å². The van der Waals surface area contributed by atoms with E-state index in [9.17, 15) is 18.4 Å². The van der Waals surface area contributed by atoms with Crippen LogP contribution in [0.5, 0.6) is 5.75 Å². The Balaban J connectivity index is 2.09. The van der Waals surface area contributed by atoms with E-state index in [1.807, 2.05) is 6.07 Å². The van der Waals surface area contributed by atoms with Crippen molar-refractivity contribution in [2.75, 3.05) is 5.73 Å². The third kappa shape index (κ3) is 4.13. The van der Waals surface area contributed by atoms with Crippen LogP contribution in [-0.2, 0) is 0 Å². The topological polar surface area (TPSA) is 71.9 Å². The molecule has 0 unspecified atom stereocenters. The van der Waals surface area contributed by atoms with Gasteiger partial charge in [0, 0.05) is 16.1 Å². The lowest BCUT2D eigenvalue weighted by atomic mass is 9.98. The quantitative estimate of drug-likeness (QED) is 0.649. The highest BCUT2D eigenvalue weighted by Gasteiger charge is 2.31. The molecular weight excluding hydrogens is 379 g/mol. The van der Waals surface area contributed by atoms with E-state index in [0.717, 1.165) is 12.1 Å². The van der Waals surface area contributed by atoms with Crippen LogP contribution >= 0.6 is 11.6 Å². The highest BCUT2D eigenvalue weighted by atomic mass is 35.5. The Morgan fingerprint density at radius 2 is 1.70 bits per heavy atom. The van der Waals surface area contributed by atoms with E-state index < -0.39 is 6.36 Å². The van der Waals surface area contributed by atoms with Crippen LogP contribution in [0, 0.1) is 11.3 Å². The Bertz CT molecular complexity index is 1030. The molecule has 4 nitrogen and oxygen atoms in total. The first-order valence-corrected chi connectivity index (χ1v) is 7.98. The van der Waals surface area contributed by atoms with Gasteiger partial charge in [0.1, 0.15) is 23.2 Å². The van der Waals surface area contributed by atoms with Crippen molar-refractivity contribution in [2.45, 2.75) is 6.36 Å². The van der Waals surface area contributed by atoms with Crippen molar-refractivity contribution in [1.82, 2.24) is 4.98 Å². The van der Waals surface area contributed by atoms with Gasteiger partial charge in [-0.3, -0.25) is 0 Å². The zero-order valence-corrected chi connectivity index (χ0v) is 14.3. The van der Waals surface area contributed by atoms with Gasteiger partial charge < -0.3 is 10.5 Å². The number of nitrogens with zero attached hydrogens (tertiary/aromatic N) is 2. The lowest BCUT2D eigenvalue weighted by molar-refractivity contribution is -0.274. The molecule has 0 radical (unpaired) electrons. The van der Waals surface area contributed by atoms with Gasteiger partial charge in [-0.25, -0.2) is 4.98 Å². The van der Waals surface area contributed by atoms with Gasteiger partial charge in [-0.05, 0) is 29.8 Å². The summed E-state index contributed by atoms with van der Waals surface area (Å²) in [5.41, 5.74) is 8.03. The molecule has 8 heteroatoms. The molecule has 1 heterocycles. The fraction of sp³-hybridized carbons (Fsp3) is 0.0526. The van der Waals surface area contributed by atoms with E-state index in [1.54, 1.807) is 30.3 Å². The second-order valence-corrected chi connectivity index (χ2v) is 5.89. The number of aromatic nitrogens is 1. The van der Waals surface area contributed by atoms with Crippen LogP contribution in [0.4, 0.5) is 19.0 Å². The van der Waals surface area contributed by atoms with Gasteiger partial charge in [0.15, 0.2) is 0 Å². The van der Waals surface area contributed by atoms with Crippen LogP contribution in [0.1, 0.15) is 5.56 Å². The van der Waals surface area contributed by atoms with Gasteiger partial charge in [-0.15, -0.1) is 13.2 Å². The van der Waals surface area contributed by atoms with Crippen LogP contribution in [-0.4, -0.2) is 11.3 Å². The van der Waals surface area contributed by atoms with E-state index >= 15 is 0 Å². The summed E-state index contributed by atoms with van der Waals surface area (Å²) in [6.07, 6.45) is -4.78. The smallest absolute Gasteiger partial charge is 0.406 e. The Morgan fingerprint density at radius 3 is 2.30 bits per heavy atom. The number of alkyl halides is 3. The van der Waals surface area contributed by atoms with E-state index in [-0.39, 0.29) is 17.1 Å². The summed E-state index contributed by atoms with van der Waals surface area (Å²) < 4.78 is 40.8. The maximum absolute atomic E-state index is 12.3. The molecule has 0 saturated carbocycles. The van der Waals surface area contributed by atoms with Crippen molar-refractivity contribution in [1.29, 1.82) is 5.26 Å². The Labute approximate surface area is 157 Å².